The lowest BCUT2D eigenvalue weighted by Crippen LogP contribution is -2.45. The Kier molecular flexibility index (Phi) is 5.21. The number of hydrogen-bond donors (Lipinski definition) is 0. The van der Waals surface area contributed by atoms with Crippen molar-refractivity contribution in [3.05, 3.63) is 0 Å². The summed E-state index contributed by atoms with van der Waals surface area (Å²) in [4.78, 5) is 0. The molecule has 86 valence electrons. The first-order chi connectivity index (χ1) is 6.21. The molecule has 0 aromatic rings. The van der Waals surface area contributed by atoms with Gasteiger partial charge in [0, 0.05) is 0 Å². The summed E-state index contributed by atoms with van der Waals surface area (Å²) < 4.78 is 0. The van der Waals surface area contributed by atoms with Gasteiger partial charge in [0.2, 0.25) is 0 Å². The molecule has 14 heavy (non-hydrogen) atoms. The average molecular weight is 235 g/mol. The van der Waals surface area contributed by atoms with E-state index in [1.807, 2.05) is 0 Å². The van der Waals surface area contributed by atoms with Crippen molar-refractivity contribution in [1.29, 1.82) is 0 Å². The molecule has 0 bridgehead atoms. The maximum absolute atomic E-state index is 7.06. The highest BCUT2D eigenvalue weighted by atomic mass is 35.6. The Bertz CT molecular complexity index is 162. The summed E-state index contributed by atoms with van der Waals surface area (Å²) in [6, 6.07) is 0. The highest BCUT2D eigenvalue weighted by Crippen LogP contribution is 2.54. The smallest absolute Gasteiger partial charge is 0.166 e. The topological polar surface area (TPSA) is 0 Å². The van der Waals surface area contributed by atoms with Crippen molar-refractivity contribution in [2.24, 2.45) is 0 Å². The largest absolute Gasteiger partial charge is 0.167 e. The molecular formula is C12H27ClSi. The van der Waals surface area contributed by atoms with Crippen molar-refractivity contribution >= 4 is 18.5 Å². The summed E-state index contributed by atoms with van der Waals surface area (Å²) in [5.41, 5.74) is 1.42. The minimum Gasteiger partial charge on any atom is -0.166 e. The third kappa shape index (κ3) is 2.55. The fraction of sp³-hybridized carbons (Fsp3) is 1.00. The summed E-state index contributed by atoms with van der Waals surface area (Å²) in [5.74, 6) is 0. The minimum absolute atomic E-state index is 0.305. The molecule has 0 spiro atoms. The molecule has 0 fully saturated rings. The fourth-order valence-electron chi connectivity index (χ4n) is 2.56. The van der Waals surface area contributed by atoms with Crippen LogP contribution in [0.25, 0.3) is 0 Å². The second-order valence-corrected chi connectivity index (χ2v) is 12.5. The van der Waals surface area contributed by atoms with Gasteiger partial charge in [-0.15, -0.1) is 0 Å². The summed E-state index contributed by atoms with van der Waals surface area (Å²) in [6.07, 6.45) is 2.44. The molecule has 2 atom stereocenters. The van der Waals surface area contributed by atoms with Crippen LogP contribution >= 0.6 is 11.1 Å². The Morgan fingerprint density at radius 3 is 1.43 bits per heavy atom. The van der Waals surface area contributed by atoms with Crippen LogP contribution in [0.15, 0.2) is 0 Å². The van der Waals surface area contributed by atoms with Gasteiger partial charge in [-0.1, -0.05) is 61.3 Å². The molecule has 0 rings (SSSR count). The van der Waals surface area contributed by atoms with Crippen molar-refractivity contribution < 1.29 is 0 Å². The van der Waals surface area contributed by atoms with Gasteiger partial charge in [0.25, 0.3) is 0 Å². The fourth-order valence-corrected chi connectivity index (χ4v) is 8.60. The molecule has 0 aromatic carbocycles. The molecule has 0 heterocycles. The lowest BCUT2D eigenvalue weighted by atomic mass is 10.2. The standard InChI is InChI=1S/C12H27ClSi/c1-8-10(3)14(13,11(4)9-2)12(5,6)7/h10-11H,8-9H2,1-7H3. The van der Waals surface area contributed by atoms with Gasteiger partial charge in [-0.05, 0) is 16.1 Å². The lowest BCUT2D eigenvalue weighted by Gasteiger charge is -2.45. The normalized spacial score (nSPS) is 21.4. The molecule has 0 amide bonds. The first-order valence-corrected chi connectivity index (χ1v) is 9.07. The van der Waals surface area contributed by atoms with E-state index in [4.69, 9.17) is 11.1 Å². The second-order valence-electron chi connectivity index (χ2n) is 5.64. The van der Waals surface area contributed by atoms with Crippen molar-refractivity contribution in [3.8, 4) is 0 Å². The van der Waals surface area contributed by atoms with Gasteiger partial charge < -0.3 is 0 Å². The Morgan fingerprint density at radius 1 is 1.00 bits per heavy atom. The van der Waals surface area contributed by atoms with E-state index in [2.05, 4.69) is 48.5 Å². The van der Waals surface area contributed by atoms with Crippen LogP contribution in [-0.2, 0) is 0 Å². The average Bonchev–Trinajstić information content (AvgIpc) is 2.12. The number of hydrogen-bond acceptors (Lipinski definition) is 0. The summed E-state index contributed by atoms with van der Waals surface area (Å²) in [7, 11) is -1.69. The van der Waals surface area contributed by atoms with Gasteiger partial charge >= 0.3 is 0 Å². The first kappa shape index (κ1) is 14.5. The Hall–Kier alpha value is 0.507. The Balaban J connectivity index is 5.05. The molecule has 0 aromatic heterocycles. The predicted molar refractivity (Wildman–Crippen MR) is 70.8 cm³/mol. The molecule has 0 saturated heterocycles. The van der Waals surface area contributed by atoms with Crippen LogP contribution in [0.1, 0.15) is 61.3 Å². The molecular weight excluding hydrogens is 208 g/mol. The van der Waals surface area contributed by atoms with Crippen molar-refractivity contribution in [2.45, 2.75) is 77.4 Å². The van der Waals surface area contributed by atoms with E-state index in [0.717, 1.165) is 0 Å². The maximum atomic E-state index is 7.06. The molecule has 2 heteroatoms. The molecule has 2 unspecified atom stereocenters. The molecule has 0 aliphatic carbocycles. The summed E-state index contributed by atoms with van der Waals surface area (Å²) in [5, 5.41) is 0.305. The zero-order valence-electron chi connectivity index (χ0n) is 10.9. The molecule has 0 saturated carbocycles. The van der Waals surface area contributed by atoms with E-state index in [0.29, 0.717) is 16.1 Å². The van der Waals surface area contributed by atoms with Crippen LogP contribution in [0.2, 0.25) is 16.1 Å². The molecule has 0 aliphatic heterocycles. The Morgan fingerprint density at radius 2 is 1.29 bits per heavy atom. The predicted octanol–water partition coefficient (Wildman–Crippen LogP) is 5.57. The van der Waals surface area contributed by atoms with Gasteiger partial charge in [0.15, 0.2) is 7.38 Å². The van der Waals surface area contributed by atoms with E-state index >= 15 is 0 Å². The van der Waals surface area contributed by atoms with E-state index in [-0.39, 0.29) is 0 Å². The highest BCUT2D eigenvalue weighted by molar-refractivity contribution is 7.23. The van der Waals surface area contributed by atoms with Crippen molar-refractivity contribution in [1.82, 2.24) is 0 Å². The van der Waals surface area contributed by atoms with Gasteiger partial charge in [-0.25, -0.2) is 0 Å². The summed E-state index contributed by atoms with van der Waals surface area (Å²) in [6.45, 7) is 16.2. The number of rotatable bonds is 4. The van der Waals surface area contributed by atoms with Crippen LogP contribution in [0.3, 0.4) is 0 Å². The van der Waals surface area contributed by atoms with E-state index in [1.54, 1.807) is 0 Å². The van der Waals surface area contributed by atoms with Crippen molar-refractivity contribution in [2.75, 3.05) is 0 Å². The SMILES string of the molecule is CCC(C)[Si](Cl)(C(C)CC)C(C)(C)C. The monoisotopic (exact) mass is 234 g/mol. The quantitative estimate of drug-likeness (QED) is 0.441. The third-order valence-corrected chi connectivity index (χ3v) is 13.7. The summed E-state index contributed by atoms with van der Waals surface area (Å²) >= 11 is 7.06. The Labute approximate surface area is 96.1 Å². The zero-order chi connectivity index (χ0) is 11.6. The zero-order valence-corrected chi connectivity index (χ0v) is 12.7. The third-order valence-electron chi connectivity index (χ3n) is 3.81. The van der Waals surface area contributed by atoms with Crippen LogP contribution in [0.5, 0.6) is 0 Å². The first-order valence-electron chi connectivity index (χ1n) is 5.90. The number of halogens is 1. The molecule has 0 N–H and O–H groups in total. The van der Waals surface area contributed by atoms with E-state index < -0.39 is 7.38 Å². The van der Waals surface area contributed by atoms with Crippen LogP contribution in [-0.4, -0.2) is 7.38 Å². The lowest BCUT2D eigenvalue weighted by molar-refractivity contribution is 0.644. The van der Waals surface area contributed by atoms with Crippen LogP contribution in [0, 0.1) is 0 Å². The van der Waals surface area contributed by atoms with Crippen molar-refractivity contribution in [3.63, 3.8) is 0 Å². The van der Waals surface area contributed by atoms with E-state index in [9.17, 15) is 0 Å². The second kappa shape index (κ2) is 5.02. The van der Waals surface area contributed by atoms with Crippen LogP contribution in [0.4, 0.5) is 0 Å². The molecule has 0 radical (unpaired) electrons. The van der Waals surface area contributed by atoms with Crippen LogP contribution < -0.4 is 0 Å². The molecule has 0 nitrogen and oxygen atoms in total. The van der Waals surface area contributed by atoms with Gasteiger partial charge in [0.1, 0.15) is 0 Å². The minimum atomic E-state index is -1.69. The van der Waals surface area contributed by atoms with Gasteiger partial charge in [-0.3, -0.25) is 0 Å². The van der Waals surface area contributed by atoms with Gasteiger partial charge in [-0.2, -0.15) is 11.1 Å². The highest BCUT2D eigenvalue weighted by Gasteiger charge is 2.50. The molecule has 0 aliphatic rings. The van der Waals surface area contributed by atoms with Gasteiger partial charge in [0.05, 0.1) is 0 Å². The van der Waals surface area contributed by atoms with E-state index in [1.165, 1.54) is 12.8 Å². The maximum Gasteiger partial charge on any atom is 0.167 e.